The largest absolute Gasteiger partial charge is 0.508 e. The zero-order chi connectivity index (χ0) is 29.3. The number of hydrazone groups is 1. The van der Waals surface area contributed by atoms with Crippen LogP contribution in [0.5, 0.6) is 5.75 Å². The highest BCUT2D eigenvalue weighted by molar-refractivity contribution is 6.05. The van der Waals surface area contributed by atoms with Crippen LogP contribution in [0.3, 0.4) is 0 Å². The van der Waals surface area contributed by atoms with Crippen LogP contribution in [-0.2, 0) is 0 Å². The number of aromatic nitrogens is 2. The van der Waals surface area contributed by atoms with Crippen LogP contribution in [0.15, 0.2) is 143 Å². The van der Waals surface area contributed by atoms with Gasteiger partial charge in [0.2, 0.25) is 0 Å². The van der Waals surface area contributed by atoms with E-state index in [1.54, 1.807) is 47.0 Å². The van der Waals surface area contributed by atoms with Gasteiger partial charge in [0.15, 0.2) is 0 Å². The van der Waals surface area contributed by atoms with Crippen LogP contribution >= 0.6 is 0 Å². The summed E-state index contributed by atoms with van der Waals surface area (Å²) in [6.45, 7) is 0. The summed E-state index contributed by atoms with van der Waals surface area (Å²) in [5.74, 6) is 0.419. The molecule has 0 bridgehead atoms. The molecule has 0 spiro atoms. The molecule has 6 aromatic rings. The lowest BCUT2D eigenvalue weighted by Gasteiger charge is -2.22. The van der Waals surface area contributed by atoms with E-state index in [2.05, 4.69) is 0 Å². The molecule has 0 fully saturated rings. The monoisotopic (exact) mass is 562 g/mol. The number of rotatable bonds is 5. The number of nitrogens with zero attached hydrogens (tertiary/aromatic N) is 4. The van der Waals surface area contributed by atoms with Crippen LogP contribution in [0.1, 0.15) is 33.9 Å². The third kappa shape index (κ3) is 4.87. The smallest absolute Gasteiger partial charge is 0.274 e. The molecule has 2 heterocycles. The molecule has 7 rings (SSSR count). The number of carbonyl (C=O) groups excluding carboxylic acids is 1. The van der Waals surface area contributed by atoms with Crippen molar-refractivity contribution in [3.8, 4) is 22.8 Å². The molecule has 7 heteroatoms. The summed E-state index contributed by atoms with van der Waals surface area (Å²) in [5.41, 5.74) is 4.92. The number of hydrogen-bond donors (Lipinski definition) is 1. The summed E-state index contributed by atoms with van der Waals surface area (Å²) in [6.07, 6.45) is 0.539. The molecule has 1 aliphatic heterocycles. The Hall–Kier alpha value is -5.82. The van der Waals surface area contributed by atoms with Gasteiger partial charge in [-0.05, 0) is 59.7 Å². The van der Waals surface area contributed by atoms with Gasteiger partial charge in [0.1, 0.15) is 11.6 Å². The number of fused-ring (bicyclic) bond motifs is 1. The minimum absolute atomic E-state index is 0.160. The average Bonchev–Trinajstić information content (AvgIpc) is 3.51. The summed E-state index contributed by atoms with van der Waals surface area (Å²) in [7, 11) is 0. The van der Waals surface area contributed by atoms with E-state index in [1.165, 1.54) is 5.01 Å². The molecule has 43 heavy (non-hydrogen) atoms. The van der Waals surface area contributed by atoms with E-state index < -0.39 is 0 Å². The number of phenolic OH excluding ortho intramolecular Hbond substituents is 1. The Bertz CT molecular complexity index is 2040. The van der Waals surface area contributed by atoms with Crippen molar-refractivity contribution in [3.05, 3.63) is 161 Å². The fraction of sp³-hybridized carbons (Fsp3) is 0.0556. The highest BCUT2D eigenvalue weighted by Gasteiger charge is 2.33. The van der Waals surface area contributed by atoms with Crippen LogP contribution in [0.25, 0.3) is 28.0 Å². The van der Waals surface area contributed by atoms with Gasteiger partial charge in [-0.15, -0.1) is 0 Å². The second-order valence-electron chi connectivity index (χ2n) is 10.4. The van der Waals surface area contributed by atoms with E-state index in [1.807, 2.05) is 91.0 Å². The number of carbonyl (C=O) groups is 1. The first-order chi connectivity index (χ1) is 21.1. The number of aromatic hydroxyl groups is 1. The maximum atomic E-state index is 13.9. The van der Waals surface area contributed by atoms with E-state index in [0.717, 1.165) is 22.4 Å². The Morgan fingerprint density at radius 3 is 2.05 bits per heavy atom. The Balaban J connectivity index is 1.28. The number of benzene rings is 5. The molecule has 1 amide bonds. The first kappa shape index (κ1) is 26.1. The normalized spacial score (nSPS) is 14.6. The molecule has 208 valence electrons. The molecule has 7 nitrogen and oxygen atoms in total. The standard InChI is InChI=1S/C36H26N4O3/c41-29-21-17-25(18-22-29)33-23-32(24-9-3-1-4-10-24)38-40(33)35(42)27-15-19-28(20-16-27)39-34(26-11-5-2-6-12-26)37-31-14-8-7-13-30(31)36(39)43/h1-22,33,41H,23H2. The second kappa shape index (κ2) is 10.9. The van der Waals surface area contributed by atoms with Gasteiger partial charge in [-0.2, -0.15) is 5.10 Å². The second-order valence-corrected chi connectivity index (χ2v) is 10.4. The third-order valence-electron chi connectivity index (χ3n) is 7.68. The Labute approximate surface area is 247 Å². The molecule has 1 unspecified atom stereocenters. The van der Waals surface area contributed by atoms with Crippen LogP contribution in [0.2, 0.25) is 0 Å². The van der Waals surface area contributed by atoms with Gasteiger partial charge in [-0.3, -0.25) is 14.2 Å². The summed E-state index contributed by atoms with van der Waals surface area (Å²) >= 11 is 0. The highest BCUT2D eigenvalue weighted by Crippen LogP contribution is 2.35. The zero-order valence-electron chi connectivity index (χ0n) is 23.0. The molecule has 1 atom stereocenters. The molecule has 1 N–H and O–H groups in total. The first-order valence-electron chi connectivity index (χ1n) is 14.0. The van der Waals surface area contributed by atoms with Gasteiger partial charge >= 0.3 is 0 Å². The average molecular weight is 563 g/mol. The van der Waals surface area contributed by atoms with E-state index in [-0.39, 0.29) is 23.3 Å². The van der Waals surface area contributed by atoms with Crippen molar-refractivity contribution in [2.45, 2.75) is 12.5 Å². The molecule has 5 aromatic carbocycles. The summed E-state index contributed by atoms with van der Waals surface area (Å²) in [5, 5.41) is 16.6. The Morgan fingerprint density at radius 2 is 1.35 bits per heavy atom. The summed E-state index contributed by atoms with van der Waals surface area (Å²) in [6, 6.07) is 40.2. The quantitative estimate of drug-likeness (QED) is 0.252. The van der Waals surface area contributed by atoms with Crippen LogP contribution in [-0.4, -0.2) is 31.3 Å². The molecule has 1 aliphatic rings. The minimum atomic E-state index is -0.333. The predicted octanol–water partition coefficient (Wildman–Crippen LogP) is 6.75. The van der Waals surface area contributed by atoms with E-state index in [4.69, 9.17) is 10.1 Å². The zero-order valence-corrected chi connectivity index (χ0v) is 23.0. The lowest BCUT2D eigenvalue weighted by atomic mass is 9.98. The SMILES string of the molecule is O=C(c1ccc(-n2c(-c3ccccc3)nc3ccccc3c2=O)cc1)N1N=C(c2ccccc2)CC1c1ccc(O)cc1. The third-order valence-corrected chi connectivity index (χ3v) is 7.68. The molecule has 0 aliphatic carbocycles. The van der Waals surface area contributed by atoms with Gasteiger partial charge in [0.05, 0.1) is 28.3 Å². The summed E-state index contributed by atoms with van der Waals surface area (Å²) < 4.78 is 1.59. The molecule has 0 radical (unpaired) electrons. The van der Waals surface area contributed by atoms with Crippen molar-refractivity contribution >= 4 is 22.5 Å². The minimum Gasteiger partial charge on any atom is -0.508 e. The number of para-hydroxylation sites is 1. The van der Waals surface area contributed by atoms with Crippen molar-refractivity contribution in [1.82, 2.24) is 14.6 Å². The fourth-order valence-corrected chi connectivity index (χ4v) is 5.50. The van der Waals surface area contributed by atoms with Crippen molar-refractivity contribution in [2.24, 2.45) is 5.10 Å². The van der Waals surface area contributed by atoms with Crippen molar-refractivity contribution in [1.29, 1.82) is 0 Å². The van der Waals surface area contributed by atoms with Gasteiger partial charge in [-0.1, -0.05) is 84.9 Å². The van der Waals surface area contributed by atoms with Crippen LogP contribution in [0.4, 0.5) is 0 Å². The van der Waals surface area contributed by atoms with Gasteiger partial charge in [0, 0.05) is 17.5 Å². The Kier molecular flexibility index (Phi) is 6.60. The van der Waals surface area contributed by atoms with Crippen molar-refractivity contribution < 1.29 is 9.90 Å². The van der Waals surface area contributed by atoms with Crippen molar-refractivity contribution in [3.63, 3.8) is 0 Å². The van der Waals surface area contributed by atoms with Crippen molar-refractivity contribution in [2.75, 3.05) is 0 Å². The Morgan fingerprint density at radius 1 is 0.721 bits per heavy atom. The van der Waals surface area contributed by atoms with Gasteiger partial charge in [-0.25, -0.2) is 9.99 Å². The van der Waals surface area contributed by atoms with Gasteiger partial charge < -0.3 is 5.11 Å². The first-order valence-corrected chi connectivity index (χ1v) is 14.0. The topological polar surface area (TPSA) is 87.8 Å². The fourth-order valence-electron chi connectivity index (χ4n) is 5.50. The highest BCUT2D eigenvalue weighted by atomic mass is 16.3. The van der Waals surface area contributed by atoms with E-state index in [9.17, 15) is 14.7 Å². The number of amides is 1. The lowest BCUT2D eigenvalue weighted by Crippen LogP contribution is -2.27. The van der Waals surface area contributed by atoms with Crippen LogP contribution in [0, 0.1) is 0 Å². The number of hydrogen-bond acceptors (Lipinski definition) is 5. The molecule has 1 aromatic heterocycles. The molecule has 0 saturated carbocycles. The van der Waals surface area contributed by atoms with Gasteiger partial charge in [0.25, 0.3) is 11.5 Å². The molecular weight excluding hydrogens is 536 g/mol. The molecular formula is C36H26N4O3. The molecule has 0 saturated heterocycles. The summed E-state index contributed by atoms with van der Waals surface area (Å²) in [4.78, 5) is 32.5. The van der Waals surface area contributed by atoms with E-state index in [0.29, 0.717) is 34.4 Å². The van der Waals surface area contributed by atoms with Crippen LogP contribution < -0.4 is 5.56 Å². The maximum absolute atomic E-state index is 13.9. The predicted molar refractivity (Wildman–Crippen MR) is 167 cm³/mol. The maximum Gasteiger partial charge on any atom is 0.274 e. The number of phenols is 1. The van der Waals surface area contributed by atoms with E-state index >= 15 is 0 Å². The lowest BCUT2D eigenvalue weighted by molar-refractivity contribution is 0.0711.